The molecule has 3 nitrogen and oxygen atoms in total. The lowest BCUT2D eigenvalue weighted by Crippen LogP contribution is -2.08. The van der Waals surface area contributed by atoms with E-state index in [4.69, 9.17) is 9.84 Å². The van der Waals surface area contributed by atoms with Crippen LogP contribution in [-0.4, -0.2) is 17.7 Å². The second kappa shape index (κ2) is 8.71. The summed E-state index contributed by atoms with van der Waals surface area (Å²) in [6.45, 7) is 9.19. The lowest BCUT2D eigenvalue weighted by molar-refractivity contribution is -0.137. The van der Waals surface area contributed by atoms with Crippen LogP contribution in [0.5, 0.6) is 5.75 Å². The number of benzene rings is 1. The van der Waals surface area contributed by atoms with E-state index in [0.717, 1.165) is 30.6 Å². The average Bonchev–Trinajstić information content (AvgIpc) is 2.44. The Labute approximate surface area is 128 Å². The molecular formula is C18H28O3. The van der Waals surface area contributed by atoms with E-state index in [1.54, 1.807) is 0 Å². The summed E-state index contributed by atoms with van der Waals surface area (Å²) in [7, 11) is 0. The molecule has 0 radical (unpaired) electrons. The second-order valence-electron chi connectivity index (χ2n) is 5.88. The van der Waals surface area contributed by atoms with Crippen LogP contribution in [0.15, 0.2) is 18.2 Å². The maximum absolute atomic E-state index is 11.1. The lowest BCUT2D eigenvalue weighted by Gasteiger charge is -2.19. The van der Waals surface area contributed by atoms with Crippen molar-refractivity contribution in [1.82, 2.24) is 0 Å². The Kier molecular flexibility index (Phi) is 7.27. The molecular weight excluding hydrogens is 264 g/mol. The number of carbonyl (C=O) groups is 1. The number of rotatable bonds is 9. The molecule has 1 N–H and O–H groups in total. The molecule has 0 spiro atoms. The Hall–Kier alpha value is -1.51. The molecule has 1 aromatic rings. The Morgan fingerprint density at radius 1 is 1.24 bits per heavy atom. The van der Waals surface area contributed by atoms with Crippen LogP contribution < -0.4 is 4.74 Å². The Morgan fingerprint density at radius 3 is 2.48 bits per heavy atom. The fraction of sp³-hybridized carbons (Fsp3) is 0.611. The van der Waals surface area contributed by atoms with Gasteiger partial charge < -0.3 is 9.84 Å². The fourth-order valence-electron chi connectivity index (χ4n) is 2.56. The SMILES string of the molecule is CCCOc1ccc(C(CCC)CC(=O)O)cc1C(C)C. The van der Waals surface area contributed by atoms with Gasteiger partial charge in [0.05, 0.1) is 13.0 Å². The van der Waals surface area contributed by atoms with Gasteiger partial charge in [-0.15, -0.1) is 0 Å². The van der Waals surface area contributed by atoms with E-state index < -0.39 is 5.97 Å². The van der Waals surface area contributed by atoms with Crippen molar-refractivity contribution in [2.24, 2.45) is 0 Å². The van der Waals surface area contributed by atoms with Gasteiger partial charge in [-0.3, -0.25) is 4.79 Å². The highest BCUT2D eigenvalue weighted by Crippen LogP contribution is 2.33. The highest BCUT2D eigenvalue weighted by Gasteiger charge is 2.17. The average molecular weight is 292 g/mol. The molecule has 1 atom stereocenters. The molecule has 0 fully saturated rings. The summed E-state index contributed by atoms with van der Waals surface area (Å²) in [4.78, 5) is 11.1. The van der Waals surface area contributed by atoms with Gasteiger partial charge in [0.1, 0.15) is 5.75 Å². The van der Waals surface area contributed by atoms with Crippen LogP contribution >= 0.6 is 0 Å². The van der Waals surface area contributed by atoms with Crippen molar-refractivity contribution in [3.8, 4) is 5.75 Å². The minimum absolute atomic E-state index is 0.0882. The van der Waals surface area contributed by atoms with E-state index in [1.807, 2.05) is 12.1 Å². The monoisotopic (exact) mass is 292 g/mol. The summed E-state index contributed by atoms with van der Waals surface area (Å²) in [5, 5.41) is 9.10. The second-order valence-corrected chi connectivity index (χ2v) is 5.88. The zero-order valence-corrected chi connectivity index (χ0v) is 13.7. The van der Waals surface area contributed by atoms with Gasteiger partial charge in [0, 0.05) is 0 Å². The van der Waals surface area contributed by atoms with Crippen molar-refractivity contribution < 1.29 is 14.6 Å². The predicted molar refractivity (Wildman–Crippen MR) is 86.2 cm³/mol. The van der Waals surface area contributed by atoms with Gasteiger partial charge in [0.2, 0.25) is 0 Å². The molecule has 21 heavy (non-hydrogen) atoms. The smallest absolute Gasteiger partial charge is 0.303 e. The molecule has 0 aliphatic carbocycles. The van der Waals surface area contributed by atoms with E-state index in [0.29, 0.717) is 12.5 Å². The first-order valence-electron chi connectivity index (χ1n) is 7.97. The quantitative estimate of drug-likeness (QED) is 0.700. The highest BCUT2D eigenvalue weighted by atomic mass is 16.5. The number of aliphatic carboxylic acids is 1. The van der Waals surface area contributed by atoms with Crippen molar-refractivity contribution >= 4 is 5.97 Å². The van der Waals surface area contributed by atoms with Gasteiger partial charge in [0.25, 0.3) is 0 Å². The molecule has 1 aromatic carbocycles. The summed E-state index contributed by atoms with van der Waals surface area (Å²) >= 11 is 0. The van der Waals surface area contributed by atoms with Gasteiger partial charge in [-0.1, -0.05) is 46.2 Å². The Bertz CT molecular complexity index is 452. The number of carboxylic acids is 1. The standard InChI is InChI=1S/C18H28O3/c1-5-7-14(12-18(19)20)15-8-9-17(21-10-6-2)16(11-15)13(3)4/h8-9,11,13-14H,5-7,10,12H2,1-4H3,(H,19,20). The zero-order chi connectivity index (χ0) is 15.8. The van der Waals surface area contributed by atoms with Crippen LogP contribution in [-0.2, 0) is 4.79 Å². The van der Waals surface area contributed by atoms with Gasteiger partial charge in [-0.25, -0.2) is 0 Å². The van der Waals surface area contributed by atoms with Crippen LogP contribution in [0.2, 0.25) is 0 Å². The minimum atomic E-state index is -0.731. The third kappa shape index (κ3) is 5.41. The first-order chi connectivity index (χ1) is 9.99. The summed E-state index contributed by atoms with van der Waals surface area (Å²) in [6, 6.07) is 6.17. The summed E-state index contributed by atoms with van der Waals surface area (Å²) in [5.41, 5.74) is 2.29. The van der Waals surface area contributed by atoms with Crippen LogP contribution in [0.3, 0.4) is 0 Å². The van der Waals surface area contributed by atoms with Crippen molar-refractivity contribution in [3.05, 3.63) is 29.3 Å². The number of hydrogen-bond acceptors (Lipinski definition) is 2. The molecule has 1 rings (SSSR count). The summed E-state index contributed by atoms with van der Waals surface area (Å²) in [6.07, 6.45) is 3.07. The van der Waals surface area contributed by atoms with Gasteiger partial charge >= 0.3 is 5.97 Å². The third-order valence-corrected chi connectivity index (χ3v) is 3.65. The van der Waals surface area contributed by atoms with Crippen molar-refractivity contribution in [1.29, 1.82) is 0 Å². The predicted octanol–water partition coefficient (Wildman–Crippen LogP) is 4.96. The topological polar surface area (TPSA) is 46.5 Å². The Morgan fingerprint density at radius 2 is 1.95 bits per heavy atom. The molecule has 0 bridgehead atoms. The molecule has 118 valence electrons. The number of carboxylic acid groups (broad SMARTS) is 1. The molecule has 0 saturated carbocycles. The first-order valence-corrected chi connectivity index (χ1v) is 7.97. The van der Waals surface area contributed by atoms with Gasteiger partial charge in [-0.05, 0) is 41.9 Å². The first kappa shape index (κ1) is 17.5. The fourth-order valence-corrected chi connectivity index (χ4v) is 2.56. The highest BCUT2D eigenvalue weighted by molar-refractivity contribution is 5.68. The minimum Gasteiger partial charge on any atom is -0.493 e. The van der Waals surface area contributed by atoms with E-state index in [9.17, 15) is 4.79 Å². The van der Waals surface area contributed by atoms with E-state index in [2.05, 4.69) is 33.8 Å². The van der Waals surface area contributed by atoms with Crippen molar-refractivity contribution in [2.75, 3.05) is 6.61 Å². The number of hydrogen-bond donors (Lipinski definition) is 1. The normalized spacial score (nSPS) is 12.4. The van der Waals surface area contributed by atoms with Crippen molar-refractivity contribution in [3.63, 3.8) is 0 Å². The summed E-state index contributed by atoms with van der Waals surface area (Å²) in [5.74, 6) is 0.654. The van der Waals surface area contributed by atoms with Crippen molar-refractivity contribution in [2.45, 2.75) is 65.2 Å². The zero-order valence-electron chi connectivity index (χ0n) is 13.7. The maximum atomic E-state index is 11.1. The molecule has 0 saturated heterocycles. The third-order valence-electron chi connectivity index (χ3n) is 3.65. The molecule has 0 aliphatic rings. The van der Waals surface area contributed by atoms with Gasteiger partial charge in [-0.2, -0.15) is 0 Å². The van der Waals surface area contributed by atoms with Gasteiger partial charge in [0.15, 0.2) is 0 Å². The molecule has 0 heterocycles. The van der Waals surface area contributed by atoms with E-state index >= 15 is 0 Å². The van der Waals surface area contributed by atoms with Crippen LogP contribution in [0.25, 0.3) is 0 Å². The van der Waals surface area contributed by atoms with Crippen LogP contribution in [0.4, 0.5) is 0 Å². The molecule has 0 aromatic heterocycles. The van der Waals surface area contributed by atoms with E-state index in [-0.39, 0.29) is 12.3 Å². The van der Waals surface area contributed by atoms with Crippen LogP contribution in [0.1, 0.15) is 76.3 Å². The maximum Gasteiger partial charge on any atom is 0.303 e. The molecule has 3 heteroatoms. The van der Waals surface area contributed by atoms with E-state index in [1.165, 1.54) is 5.56 Å². The Balaban J connectivity index is 3.06. The molecule has 0 amide bonds. The summed E-state index contributed by atoms with van der Waals surface area (Å²) < 4.78 is 5.81. The number of ether oxygens (including phenoxy) is 1. The van der Waals surface area contributed by atoms with Crippen LogP contribution in [0, 0.1) is 0 Å². The molecule has 1 unspecified atom stereocenters. The lowest BCUT2D eigenvalue weighted by atomic mass is 9.88. The largest absolute Gasteiger partial charge is 0.493 e. The molecule has 0 aliphatic heterocycles.